The monoisotopic (exact) mass is 392 g/mol. The van der Waals surface area contributed by atoms with Crippen LogP contribution in [0, 0.1) is 11.3 Å². The van der Waals surface area contributed by atoms with Crippen molar-refractivity contribution >= 4 is 11.8 Å². The van der Waals surface area contributed by atoms with Gasteiger partial charge in [0.2, 0.25) is 11.8 Å². The summed E-state index contributed by atoms with van der Waals surface area (Å²) in [6.45, 7) is 5.44. The Balaban J connectivity index is 1.72. The van der Waals surface area contributed by atoms with E-state index in [1.54, 1.807) is 7.05 Å². The molecule has 3 rings (SSSR count). The summed E-state index contributed by atoms with van der Waals surface area (Å²) in [7, 11) is 1.71. The fourth-order valence-electron chi connectivity index (χ4n) is 4.25. The van der Waals surface area contributed by atoms with Crippen LogP contribution in [0.25, 0.3) is 11.1 Å². The maximum atomic E-state index is 12.8. The van der Waals surface area contributed by atoms with Crippen LogP contribution in [0.2, 0.25) is 0 Å². The van der Waals surface area contributed by atoms with Crippen molar-refractivity contribution in [2.75, 3.05) is 20.1 Å². The van der Waals surface area contributed by atoms with Crippen LogP contribution in [0.3, 0.4) is 0 Å². The minimum Gasteiger partial charge on any atom is -0.359 e. The number of hydrogen-bond acceptors (Lipinski definition) is 2. The minimum atomic E-state index is -0.447. The van der Waals surface area contributed by atoms with E-state index in [1.807, 2.05) is 23.1 Å². The summed E-state index contributed by atoms with van der Waals surface area (Å²) in [5, 5.41) is 2.87. The fourth-order valence-corrected chi connectivity index (χ4v) is 4.25. The van der Waals surface area contributed by atoms with E-state index in [9.17, 15) is 9.59 Å². The number of hydrogen-bond donors (Lipinski definition) is 1. The molecule has 0 radical (unpaired) electrons. The number of nitrogens with one attached hydrogen (secondary N) is 1. The number of benzene rings is 2. The highest BCUT2D eigenvalue weighted by molar-refractivity contribution is 5.83. The molecule has 1 saturated heterocycles. The molecule has 0 unspecified atom stereocenters. The lowest BCUT2D eigenvalue weighted by Gasteiger charge is -2.41. The van der Waals surface area contributed by atoms with E-state index in [2.05, 4.69) is 55.6 Å². The van der Waals surface area contributed by atoms with Crippen LogP contribution >= 0.6 is 0 Å². The van der Waals surface area contributed by atoms with Crippen LogP contribution in [0.1, 0.15) is 38.7 Å². The lowest BCUT2D eigenvalue weighted by molar-refractivity contribution is -0.140. The lowest BCUT2D eigenvalue weighted by atomic mass is 9.72. The van der Waals surface area contributed by atoms with Gasteiger partial charge in [0.05, 0.1) is 5.41 Å². The number of amides is 2. The molecule has 0 aliphatic carbocycles. The van der Waals surface area contributed by atoms with Gasteiger partial charge in [-0.3, -0.25) is 9.59 Å². The van der Waals surface area contributed by atoms with Crippen molar-refractivity contribution < 1.29 is 9.59 Å². The molecule has 1 aliphatic heterocycles. The Bertz CT molecular complexity index is 820. The zero-order chi connectivity index (χ0) is 20.9. The van der Waals surface area contributed by atoms with Gasteiger partial charge < -0.3 is 10.2 Å². The van der Waals surface area contributed by atoms with E-state index in [4.69, 9.17) is 0 Å². The summed E-state index contributed by atoms with van der Waals surface area (Å²) in [4.78, 5) is 27.2. The molecule has 1 N–H and O–H groups in total. The number of likely N-dealkylation sites (tertiary alicyclic amines) is 1. The van der Waals surface area contributed by atoms with Crippen molar-refractivity contribution in [3.8, 4) is 11.1 Å². The molecule has 0 atom stereocenters. The average molecular weight is 393 g/mol. The molecule has 154 valence electrons. The SMILES string of the molecule is CNC(=O)C1(Cc2ccc(-c3ccccc3)cc2)CCN(C(=O)CC(C)C)CC1. The number of carbonyl (C=O) groups is 2. The van der Waals surface area contributed by atoms with Gasteiger partial charge in [-0.15, -0.1) is 0 Å². The maximum Gasteiger partial charge on any atom is 0.226 e. The van der Waals surface area contributed by atoms with Crippen molar-refractivity contribution in [2.24, 2.45) is 11.3 Å². The van der Waals surface area contributed by atoms with E-state index in [-0.39, 0.29) is 11.8 Å². The first-order chi connectivity index (χ1) is 13.9. The zero-order valence-corrected chi connectivity index (χ0v) is 17.8. The first-order valence-corrected chi connectivity index (χ1v) is 10.6. The van der Waals surface area contributed by atoms with Crippen LogP contribution in [-0.2, 0) is 16.0 Å². The van der Waals surface area contributed by atoms with Crippen molar-refractivity contribution in [1.82, 2.24) is 10.2 Å². The molecule has 0 saturated carbocycles. The molecule has 29 heavy (non-hydrogen) atoms. The fraction of sp³-hybridized carbons (Fsp3) is 0.440. The molecule has 2 aromatic rings. The summed E-state index contributed by atoms with van der Waals surface area (Å²) in [6, 6.07) is 18.8. The molecular weight excluding hydrogens is 360 g/mol. The van der Waals surface area contributed by atoms with Gasteiger partial charge in [0.1, 0.15) is 0 Å². The van der Waals surface area contributed by atoms with Gasteiger partial charge in [-0.25, -0.2) is 0 Å². The second kappa shape index (κ2) is 9.25. The third-order valence-electron chi connectivity index (χ3n) is 5.97. The van der Waals surface area contributed by atoms with Gasteiger partial charge in [0.25, 0.3) is 0 Å². The van der Waals surface area contributed by atoms with Gasteiger partial charge in [-0.1, -0.05) is 68.4 Å². The van der Waals surface area contributed by atoms with Crippen molar-refractivity contribution in [2.45, 2.75) is 39.5 Å². The molecule has 2 aromatic carbocycles. The average Bonchev–Trinajstić information content (AvgIpc) is 2.74. The quantitative estimate of drug-likeness (QED) is 0.797. The van der Waals surface area contributed by atoms with Gasteiger partial charge in [-0.2, -0.15) is 0 Å². The van der Waals surface area contributed by atoms with E-state index in [1.165, 1.54) is 11.1 Å². The highest BCUT2D eigenvalue weighted by atomic mass is 16.2. The highest BCUT2D eigenvalue weighted by Gasteiger charge is 2.41. The van der Waals surface area contributed by atoms with Gasteiger partial charge in [-0.05, 0) is 41.9 Å². The van der Waals surface area contributed by atoms with Crippen LogP contribution in [0.15, 0.2) is 54.6 Å². The first-order valence-electron chi connectivity index (χ1n) is 10.6. The largest absolute Gasteiger partial charge is 0.359 e. The summed E-state index contributed by atoms with van der Waals surface area (Å²) >= 11 is 0. The Labute approximate surface area is 174 Å². The molecule has 0 aromatic heterocycles. The summed E-state index contributed by atoms with van der Waals surface area (Å²) < 4.78 is 0. The molecule has 2 amide bonds. The van der Waals surface area contributed by atoms with Crippen LogP contribution < -0.4 is 5.32 Å². The second-order valence-corrected chi connectivity index (χ2v) is 8.58. The predicted molar refractivity (Wildman–Crippen MR) is 117 cm³/mol. The van der Waals surface area contributed by atoms with Gasteiger partial charge in [0.15, 0.2) is 0 Å². The summed E-state index contributed by atoms with van der Waals surface area (Å²) in [6.07, 6.45) is 2.69. The first kappa shape index (κ1) is 21.1. The standard InChI is InChI=1S/C25H32N2O2/c1-19(2)17-23(28)27-15-13-25(14-16-27,24(29)26-3)18-20-9-11-22(12-10-20)21-7-5-4-6-8-21/h4-12,19H,13-18H2,1-3H3,(H,26,29). The number of rotatable bonds is 6. The van der Waals surface area contributed by atoms with Crippen molar-refractivity contribution in [3.63, 3.8) is 0 Å². The molecular formula is C25H32N2O2. The molecule has 4 heteroatoms. The number of nitrogens with zero attached hydrogens (tertiary/aromatic N) is 1. The predicted octanol–water partition coefficient (Wildman–Crippen LogP) is 4.30. The smallest absolute Gasteiger partial charge is 0.226 e. The molecule has 4 nitrogen and oxygen atoms in total. The summed E-state index contributed by atoms with van der Waals surface area (Å²) in [5.74, 6) is 0.648. The third kappa shape index (κ3) is 5.06. The maximum absolute atomic E-state index is 12.8. The molecule has 1 aliphatic rings. The Morgan fingerprint density at radius 2 is 1.55 bits per heavy atom. The van der Waals surface area contributed by atoms with E-state index in [0.29, 0.717) is 44.7 Å². The van der Waals surface area contributed by atoms with Gasteiger partial charge in [0, 0.05) is 26.6 Å². The second-order valence-electron chi connectivity index (χ2n) is 8.58. The van der Waals surface area contributed by atoms with E-state index >= 15 is 0 Å². The van der Waals surface area contributed by atoms with Crippen molar-refractivity contribution in [3.05, 3.63) is 60.2 Å². The lowest BCUT2D eigenvalue weighted by Crippen LogP contribution is -2.50. The molecule has 0 spiro atoms. The third-order valence-corrected chi connectivity index (χ3v) is 5.97. The van der Waals surface area contributed by atoms with Crippen LogP contribution in [-0.4, -0.2) is 36.9 Å². The Kier molecular flexibility index (Phi) is 6.73. The highest BCUT2D eigenvalue weighted by Crippen LogP contribution is 2.36. The minimum absolute atomic E-state index is 0.0839. The van der Waals surface area contributed by atoms with E-state index < -0.39 is 5.41 Å². The number of carbonyl (C=O) groups excluding carboxylic acids is 2. The summed E-state index contributed by atoms with van der Waals surface area (Å²) in [5.41, 5.74) is 3.09. The zero-order valence-electron chi connectivity index (χ0n) is 17.8. The molecule has 1 fully saturated rings. The Morgan fingerprint density at radius 1 is 0.966 bits per heavy atom. The normalized spacial score (nSPS) is 15.9. The molecule has 0 bridgehead atoms. The topological polar surface area (TPSA) is 49.4 Å². The van der Waals surface area contributed by atoms with E-state index in [0.717, 1.165) is 5.56 Å². The number of piperidine rings is 1. The molecule has 1 heterocycles. The van der Waals surface area contributed by atoms with Gasteiger partial charge >= 0.3 is 0 Å². The van der Waals surface area contributed by atoms with Crippen LogP contribution in [0.5, 0.6) is 0 Å². The van der Waals surface area contributed by atoms with Crippen LogP contribution in [0.4, 0.5) is 0 Å². The van der Waals surface area contributed by atoms with Crippen molar-refractivity contribution in [1.29, 1.82) is 0 Å². The Hall–Kier alpha value is -2.62. The Morgan fingerprint density at radius 3 is 2.10 bits per heavy atom.